The van der Waals surface area contributed by atoms with Crippen LogP contribution < -0.4 is 10.6 Å². The van der Waals surface area contributed by atoms with Crippen LogP contribution in [-0.4, -0.2) is 40.9 Å². The Morgan fingerprint density at radius 3 is 2.52 bits per heavy atom. The molecule has 1 heterocycles. The summed E-state index contributed by atoms with van der Waals surface area (Å²) in [6.45, 7) is 2.47. The topological polar surface area (TPSA) is 84.0 Å². The Balaban J connectivity index is 1.62. The third-order valence-electron chi connectivity index (χ3n) is 2.67. The molecule has 2 aromatic rings. The number of amides is 2. The molecule has 0 saturated heterocycles. The van der Waals surface area contributed by atoms with E-state index in [2.05, 4.69) is 20.8 Å². The molecule has 1 aromatic heterocycles. The number of rotatable bonds is 7. The van der Waals surface area contributed by atoms with Gasteiger partial charge >= 0.3 is 0 Å². The van der Waals surface area contributed by atoms with Crippen LogP contribution in [0, 0.1) is 12.7 Å². The van der Waals surface area contributed by atoms with E-state index in [0.717, 1.165) is 9.35 Å². The maximum absolute atomic E-state index is 12.8. The van der Waals surface area contributed by atoms with E-state index < -0.39 is 5.82 Å². The zero-order valence-corrected chi connectivity index (χ0v) is 14.0. The molecule has 0 spiro atoms. The molecule has 0 aliphatic heterocycles. The van der Waals surface area contributed by atoms with Gasteiger partial charge in [-0.05, 0) is 31.2 Å². The van der Waals surface area contributed by atoms with Gasteiger partial charge in [-0.1, -0.05) is 23.1 Å². The SMILES string of the molecule is Cc1nnc(SCC(=O)NCCNC(=O)c2ccc(F)cc2)s1. The quantitative estimate of drug-likeness (QED) is 0.583. The summed E-state index contributed by atoms with van der Waals surface area (Å²) < 4.78 is 13.5. The van der Waals surface area contributed by atoms with Crippen molar-refractivity contribution in [2.75, 3.05) is 18.8 Å². The van der Waals surface area contributed by atoms with Gasteiger partial charge in [0.25, 0.3) is 5.91 Å². The predicted octanol–water partition coefficient (Wildman–Crippen LogP) is 1.62. The van der Waals surface area contributed by atoms with Gasteiger partial charge in [0.2, 0.25) is 5.91 Å². The van der Waals surface area contributed by atoms with Gasteiger partial charge in [0.1, 0.15) is 10.8 Å². The highest BCUT2D eigenvalue weighted by molar-refractivity contribution is 8.01. The average Bonchev–Trinajstić information content (AvgIpc) is 2.95. The van der Waals surface area contributed by atoms with Crippen LogP contribution >= 0.6 is 23.1 Å². The Labute approximate surface area is 140 Å². The van der Waals surface area contributed by atoms with Crippen molar-refractivity contribution in [3.63, 3.8) is 0 Å². The number of hydrogen-bond donors (Lipinski definition) is 2. The van der Waals surface area contributed by atoms with E-state index in [1.807, 2.05) is 6.92 Å². The minimum Gasteiger partial charge on any atom is -0.354 e. The van der Waals surface area contributed by atoms with E-state index in [9.17, 15) is 14.0 Å². The number of halogens is 1. The fourth-order valence-electron chi connectivity index (χ4n) is 1.60. The molecule has 6 nitrogen and oxygen atoms in total. The van der Waals surface area contributed by atoms with E-state index in [1.54, 1.807) is 0 Å². The van der Waals surface area contributed by atoms with Gasteiger partial charge in [0.15, 0.2) is 4.34 Å². The molecule has 0 atom stereocenters. The molecule has 23 heavy (non-hydrogen) atoms. The van der Waals surface area contributed by atoms with E-state index in [4.69, 9.17) is 0 Å². The molecular formula is C14H15FN4O2S2. The normalized spacial score (nSPS) is 10.3. The van der Waals surface area contributed by atoms with Crippen LogP contribution in [0.5, 0.6) is 0 Å². The summed E-state index contributed by atoms with van der Waals surface area (Å²) in [7, 11) is 0. The molecular weight excluding hydrogens is 339 g/mol. The zero-order valence-electron chi connectivity index (χ0n) is 12.3. The van der Waals surface area contributed by atoms with Crippen molar-refractivity contribution in [2.24, 2.45) is 0 Å². The lowest BCUT2D eigenvalue weighted by molar-refractivity contribution is -0.118. The van der Waals surface area contributed by atoms with Crippen molar-refractivity contribution in [3.05, 3.63) is 40.7 Å². The molecule has 2 rings (SSSR count). The summed E-state index contributed by atoms with van der Waals surface area (Å²) >= 11 is 2.76. The molecule has 1 aromatic carbocycles. The summed E-state index contributed by atoms with van der Waals surface area (Å²) in [5.74, 6) is -0.589. The van der Waals surface area contributed by atoms with Crippen molar-refractivity contribution in [1.29, 1.82) is 0 Å². The number of thioether (sulfide) groups is 1. The number of aromatic nitrogens is 2. The number of hydrogen-bond acceptors (Lipinski definition) is 6. The van der Waals surface area contributed by atoms with Gasteiger partial charge in [0, 0.05) is 18.7 Å². The van der Waals surface area contributed by atoms with Gasteiger partial charge in [0.05, 0.1) is 5.75 Å². The molecule has 2 N–H and O–H groups in total. The lowest BCUT2D eigenvalue weighted by atomic mass is 10.2. The zero-order chi connectivity index (χ0) is 16.7. The summed E-state index contributed by atoms with van der Waals surface area (Å²) in [5.41, 5.74) is 0.375. The lowest BCUT2D eigenvalue weighted by Crippen LogP contribution is -2.35. The monoisotopic (exact) mass is 354 g/mol. The Bertz CT molecular complexity index is 676. The molecule has 0 fully saturated rings. The highest BCUT2D eigenvalue weighted by Crippen LogP contribution is 2.21. The second-order valence-electron chi connectivity index (χ2n) is 4.49. The molecule has 0 saturated carbocycles. The second kappa shape index (κ2) is 8.59. The highest BCUT2D eigenvalue weighted by Gasteiger charge is 2.07. The number of benzene rings is 1. The molecule has 0 aliphatic rings. The molecule has 0 unspecified atom stereocenters. The number of carbonyl (C=O) groups is 2. The minimum absolute atomic E-state index is 0.140. The molecule has 122 valence electrons. The van der Waals surface area contributed by atoms with Crippen molar-refractivity contribution >= 4 is 34.9 Å². The maximum Gasteiger partial charge on any atom is 0.251 e. The largest absolute Gasteiger partial charge is 0.354 e. The van der Waals surface area contributed by atoms with Gasteiger partial charge in [-0.15, -0.1) is 10.2 Å². The summed E-state index contributed by atoms with van der Waals surface area (Å²) in [6.07, 6.45) is 0. The number of nitrogens with one attached hydrogen (secondary N) is 2. The highest BCUT2D eigenvalue weighted by atomic mass is 32.2. The van der Waals surface area contributed by atoms with E-state index in [-0.39, 0.29) is 17.6 Å². The Morgan fingerprint density at radius 1 is 1.17 bits per heavy atom. The number of nitrogens with zero attached hydrogens (tertiary/aromatic N) is 2. The first-order valence-electron chi connectivity index (χ1n) is 6.78. The third kappa shape index (κ3) is 5.95. The molecule has 0 radical (unpaired) electrons. The van der Waals surface area contributed by atoms with Gasteiger partial charge in [-0.3, -0.25) is 9.59 Å². The maximum atomic E-state index is 12.8. The molecule has 2 amide bonds. The van der Waals surface area contributed by atoms with Crippen molar-refractivity contribution in [1.82, 2.24) is 20.8 Å². The van der Waals surface area contributed by atoms with E-state index in [1.165, 1.54) is 47.4 Å². The third-order valence-corrected chi connectivity index (χ3v) is 4.65. The summed E-state index contributed by atoms with van der Waals surface area (Å²) in [5, 5.41) is 14.0. The fraction of sp³-hybridized carbons (Fsp3) is 0.286. The minimum atomic E-state index is -0.392. The number of carbonyl (C=O) groups excluding carboxylic acids is 2. The Morgan fingerprint density at radius 2 is 1.87 bits per heavy atom. The van der Waals surface area contributed by atoms with Crippen LogP contribution in [-0.2, 0) is 4.79 Å². The smallest absolute Gasteiger partial charge is 0.251 e. The van der Waals surface area contributed by atoms with Crippen molar-refractivity contribution < 1.29 is 14.0 Å². The van der Waals surface area contributed by atoms with Crippen LogP contribution in [0.1, 0.15) is 15.4 Å². The van der Waals surface area contributed by atoms with Gasteiger partial charge < -0.3 is 10.6 Å². The standard InChI is InChI=1S/C14H15FN4O2S2/c1-9-18-19-14(23-9)22-8-12(20)16-6-7-17-13(21)10-2-4-11(15)5-3-10/h2-5H,6-8H2,1H3,(H,16,20)(H,17,21). The fourth-order valence-corrected chi connectivity index (χ4v) is 3.24. The van der Waals surface area contributed by atoms with Crippen LogP contribution in [0.25, 0.3) is 0 Å². The van der Waals surface area contributed by atoms with E-state index >= 15 is 0 Å². The van der Waals surface area contributed by atoms with Gasteiger partial charge in [-0.25, -0.2) is 4.39 Å². The molecule has 0 aliphatic carbocycles. The summed E-state index contributed by atoms with van der Waals surface area (Å²) in [6, 6.07) is 5.26. The molecule has 9 heteroatoms. The lowest BCUT2D eigenvalue weighted by Gasteiger charge is -2.06. The second-order valence-corrected chi connectivity index (χ2v) is 6.89. The van der Waals surface area contributed by atoms with Crippen LogP contribution in [0.4, 0.5) is 4.39 Å². The first-order valence-corrected chi connectivity index (χ1v) is 8.58. The molecule has 0 bridgehead atoms. The van der Waals surface area contributed by atoms with Crippen molar-refractivity contribution in [3.8, 4) is 0 Å². The first kappa shape index (κ1) is 17.4. The van der Waals surface area contributed by atoms with E-state index in [0.29, 0.717) is 18.7 Å². The number of aryl methyl sites for hydroxylation is 1. The Hall–Kier alpha value is -2.00. The van der Waals surface area contributed by atoms with Gasteiger partial charge in [-0.2, -0.15) is 0 Å². The van der Waals surface area contributed by atoms with Crippen molar-refractivity contribution in [2.45, 2.75) is 11.3 Å². The average molecular weight is 354 g/mol. The predicted molar refractivity (Wildman–Crippen MR) is 87.1 cm³/mol. The van der Waals surface area contributed by atoms with Crippen LogP contribution in [0.2, 0.25) is 0 Å². The first-order chi connectivity index (χ1) is 11.0. The Kier molecular flexibility index (Phi) is 6.48. The van der Waals surface area contributed by atoms with Crippen LogP contribution in [0.15, 0.2) is 28.6 Å². The summed E-state index contributed by atoms with van der Waals surface area (Å²) in [4.78, 5) is 23.4. The van der Waals surface area contributed by atoms with Crippen LogP contribution in [0.3, 0.4) is 0 Å².